The molecule has 0 N–H and O–H groups in total. The van der Waals surface area contributed by atoms with Gasteiger partial charge in [-0.15, -0.1) is 5.10 Å². The zero-order valence-corrected chi connectivity index (χ0v) is 17.1. The largest absolute Gasteiger partial charge is 0.467 e. The molecule has 0 aromatic carbocycles. The number of hydrogen-bond donors (Lipinski definition) is 0. The van der Waals surface area contributed by atoms with Gasteiger partial charge in [-0.3, -0.25) is 4.79 Å². The second-order valence-electron chi connectivity index (χ2n) is 6.81. The van der Waals surface area contributed by atoms with Crippen molar-refractivity contribution in [3.8, 4) is 0 Å². The number of carbonyl (C=O) groups excluding carboxylic acids is 1. The minimum absolute atomic E-state index is 0.0588. The molecule has 0 atom stereocenters. The number of Topliss-reactive ketones (excluding diaryl/α,β-unsaturated/α-hetero) is 1. The Hall–Kier alpha value is -2.87. The van der Waals surface area contributed by atoms with Crippen molar-refractivity contribution >= 4 is 23.3 Å². The van der Waals surface area contributed by atoms with Crippen LogP contribution in [0.25, 0.3) is 5.78 Å². The summed E-state index contributed by atoms with van der Waals surface area (Å²) in [6.07, 6.45) is 1.66. The van der Waals surface area contributed by atoms with E-state index in [0.717, 1.165) is 34.1 Å². The highest BCUT2D eigenvalue weighted by Crippen LogP contribution is 2.22. The first-order chi connectivity index (χ1) is 13.4. The van der Waals surface area contributed by atoms with E-state index in [0.29, 0.717) is 17.5 Å². The lowest BCUT2D eigenvalue weighted by Gasteiger charge is -2.07. The summed E-state index contributed by atoms with van der Waals surface area (Å²) in [7, 11) is 0. The van der Waals surface area contributed by atoms with E-state index in [9.17, 15) is 4.79 Å². The number of fused-ring (bicyclic) bond motifs is 1. The quantitative estimate of drug-likeness (QED) is 0.365. The topological polar surface area (TPSA) is 78.2 Å². The van der Waals surface area contributed by atoms with Crippen LogP contribution in [0.4, 0.5) is 0 Å². The number of thioether (sulfide) groups is 1. The van der Waals surface area contributed by atoms with Gasteiger partial charge in [0.15, 0.2) is 5.78 Å². The zero-order chi connectivity index (χ0) is 19.8. The monoisotopic (exact) mass is 395 g/mol. The third-order valence-electron chi connectivity index (χ3n) is 4.70. The van der Waals surface area contributed by atoms with Gasteiger partial charge in [0.25, 0.3) is 5.78 Å². The fourth-order valence-corrected chi connectivity index (χ4v) is 4.00. The Labute approximate surface area is 166 Å². The number of hydrogen-bond acceptors (Lipinski definition) is 6. The van der Waals surface area contributed by atoms with Gasteiger partial charge in [-0.1, -0.05) is 11.8 Å². The molecule has 4 aromatic heterocycles. The Morgan fingerprint density at radius 1 is 1.14 bits per heavy atom. The van der Waals surface area contributed by atoms with Gasteiger partial charge < -0.3 is 8.98 Å². The van der Waals surface area contributed by atoms with Crippen molar-refractivity contribution in [2.75, 3.05) is 5.75 Å². The minimum atomic E-state index is 0.0588. The molecule has 0 aliphatic carbocycles. The number of carbonyl (C=O) groups is 1. The fourth-order valence-electron chi connectivity index (χ4n) is 3.30. The third kappa shape index (κ3) is 3.47. The summed E-state index contributed by atoms with van der Waals surface area (Å²) in [6, 6.07) is 7.69. The van der Waals surface area contributed by atoms with Gasteiger partial charge in [0.05, 0.1) is 18.6 Å². The second kappa shape index (κ2) is 7.27. The highest BCUT2D eigenvalue weighted by molar-refractivity contribution is 7.99. The normalized spacial score (nSPS) is 11.4. The van der Waals surface area contributed by atoms with Crippen molar-refractivity contribution in [2.24, 2.45) is 0 Å². The van der Waals surface area contributed by atoms with Gasteiger partial charge in [0.2, 0.25) is 5.16 Å². The van der Waals surface area contributed by atoms with Crippen LogP contribution >= 0.6 is 11.8 Å². The lowest BCUT2D eigenvalue weighted by atomic mass is 10.2. The van der Waals surface area contributed by atoms with E-state index in [1.165, 1.54) is 11.8 Å². The van der Waals surface area contributed by atoms with Gasteiger partial charge in [0.1, 0.15) is 5.76 Å². The van der Waals surface area contributed by atoms with Gasteiger partial charge in [-0.05, 0) is 52.0 Å². The fraction of sp³-hybridized carbons (Fsp3) is 0.300. The third-order valence-corrected chi connectivity index (χ3v) is 5.54. The van der Waals surface area contributed by atoms with E-state index in [-0.39, 0.29) is 11.5 Å². The minimum Gasteiger partial charge on any atom is -0.467 e. The summed E-state index contributed by atoms with van der Waals surface area (Å²) < 4.78 is 9.23. The van der Waals surface area contributed by atoms with Gasteiger partial charge in [0, 0.05) is 28.3 Å². The molecule has 0 spiro atoms. The molecule has 4 heterocycles. The van der Waals surface area contributed by atoms with Crippen molar-refractivity contribution < 1.29 is 9.21 Å². The predicted molar refractivity (Wildman–Crippen MR) is 107 cm³/mol. The highest BCUT2D eigenvalue weighted by atomic mass is 32.2. The van der Waals surface area contributed by atoms with Crippen LogP contribution in [0.1, 0.15) is 38.9 Å². The Morgan fingerprint density at radius 3 is 2.71 bits per heavy atom. The first-order valence-corrected chi connectivity index (χ1v) is 9.97. The Morgan fingerprint density at radius 2 is 1.96 bits per heavy atom. The van der Waals surface area contributed by atoms with Crippen LogP contribution in [0, 0.1) is 27.7 Å². The summed E-state index contributed by atoms with van der Waals surface area (Å²) in [5.74, 6) is 1.76. The van der Waals surface area contributed by atoms with Crippen molar-refractivity contribution in [1.29, 1.82) is 0 Å². The molecule has 0 saturated heterocycles. The molecule has 0 amide bonds. The molecule has 7 nitrogen and oxygen atoms in total. The summed E-state index contributed by atoms with van der Waals surface area (Å²) in [6.45, 7) is 8.47. The molecular weight excluding hydrogens is 374 g/mol. The predicted octanol–water partition coefficient (Wildman–Crippen LogP) is 3.78. The molecule has 4 rings (SSSR count). The first kappa shape index (κ1) is 18.5. The second-order valence-corrected chi connectivity index (χ2v) is 7.75. The molecule has 0 aliphatic rings. The summed E-state index contributed by atoms with van der Waals surface area (Å²) >= 11 is 1.33. The molecule has 28 heavy (non-hydrogen) atoms. The van der Waals surface area contributed by atoms with E-state index in [1.54, 1.807) is 10.8 Å². The van der Waals surface area contributed by atoms with Crippen LogP contribution in [-0.4, -0.2) is 35.7 Å². The Balaban J connectivity index is 1.50. The van der Waals surface area contributed by atoms with E-state index in [2.05, 4.69) is 19.6 Å². The Bertz CT molecular complexity index is 1160. The van der Waals surface area contributed by atoms with E-state index in [4.69, 9.17) is 4.42 Å². The van der Waals surface area contributed by atoms with E-state index < -0.39 is 0 Å². The lowest BCUT2D eigenvalue weighted by Crippen LogP contribution is -2.07. The molecule has 4 aromatic rings. The van der Waals surface area contributed by atoms with Crippen molar-refractivity contribution in [1.82, 2.24) is 24.1 Å². The van der Waals surface area contributed by atoms with Gasteiger partial charge in [-0.25, -0.2) is 9.50 Å². The molecule has 0 fully saturated rings. The first-order valence-electron chi connectivity index (χ1n) is 8.98. The molecular formula is C20H21N5O2S. The van der Waals surface area contributed by atoms with E-state index in [1.807, 2.05) is 52.0 Å². The van der Waals surface area contributed by atoms with Crippen LogP contribution in [-0.2, 0) is 6.54 Å². The van der Waals surface area contributed by atoms with Crippen molar-refractivity contribution in [3.63, 3.8) is 0 Å². The number of rotatable bonds is 6. The molecule has 0 unspecified atom stereocenters. The van der Waals surface area contributed by atoms with Gasteiger partial charge in [-0.2, -0.15) is 4.98 Å². The van der Waals surface area contributed by atoms with Crippen LogP contribution in [0.15, 0.2) is 40.1 Å². The maximum atomic E-state index is 12.8. The SMILES string of the molecule is Cc1cc(C)n2nc(SCC(=O)c3cc(C)n(Cc4ccco4)c3C)nc2n1. The molecule has 0 aliphatic heterocycles. The zero-order valence-electron chi connectivity index (χ0n) is 16.3. The van der Waals surface area contributed by atoms with E-state index >= 15 is 0 Å². The number of nitrogens with zero attached hydrogens (tertiary/aromatic N) is 5. The van der Waals surface area contributed by atoms with Crippen LogP contribution < -0.4 is 0 Å². The van der Waals surface area contributed by atoms with Crippen LogP contribution in [0.3, 0.4) is 0 Å². The lowest BCUT2D eigenvalue weighted by molar-refractivity contribution is 0.102. The van der Waals surface area contributed by atoms with Crippen molar-refractivity contribution in [3.05, 3.63) is 64.6 Å². The number of aryl methyl sites for hydroxylation is 3. The smallest absolute Gasteiger partial charge is 0.253 e. The standard InChI is InChI=1S/C20H21N5O2S/c1-12-8-14(3)25-19(21-12)22-20(23-25)28-11-18(26)17-9-13(2)24(15(17)4)10-16-6-5-7-27-16/h5-9H,10-11H2,1-4H3. The molecule has 144 valence electrons. The number of aromatic nitrogens is 5. The molecule has 8 heteroatoms. The van der Waals surface area contributed by atoms with Crippen LogP contribution in [0.5, 0.6) is 0 Å². The summed E-state index contributed by atoms with van der Waals surface area (Å²) in [4.78, 5) is 21.6. The number of ketones is 1. The maximum absolute atomic E-state index is 12.8. The Kier molecular flexibility index (Phi) is 4.80. The summed E-state index contributed by atoms with van der Waals surface area (Å²) in [5, 5.41) is 5.00. The van der Waals surface area contributed by atoms with Crippen molar-refractivity contribution in [2.45, 2.75) is 39.4 Å². The maximum Gasteiger partial charge on any atom is 0.253 e. The number of furan rings is 1. The molecule has 0 radical (unpaired) electrons. The molecule has 0 bridgehead atoms. The average molecular weight is 395 g/mol. The molecule has 0 saturated carbocycles. The summed E-state index contributed by atoms with van der Waals surface area (Å²) in [5.41, 5.74) is 4.56. The van der Waals surface area contributed by atoms with Gasteiger partial charge >= 0.3 is 0 Å². The highest BCUT2D eigenvalue weighted by Gasteiger charge is 2.18. The van der Waals surface area contributed by atoms with Crippen LogP contribution in [0.2, 0.25) is 0 Å². The average Bonchev–Trinajstić information content (AvgIpc) is 3.36.